The minimum absolute atomic E-state index is 0.00435. The molecule has 1 aliphatic heterocycles. The van der Waals surface area contributed by atoms with Gasteiger partial charge in [-0.2, -0.15) is 4.98 Å². The van der Waals surface area contributed by atoms with Crippen LogP contribution in [0.4, 0.5) is 5.82 Å². The Morgan fingerprint density at radius 3 is 2.80 bits per heavy atom. The Kier molecular flexibility index (Phi) is 3.20. The van der Waals surface area contributed by atoms with Gasteiger partial charge < -0.3 is 15.2 Å². The van der Waals surface area contributed by atoms with E-state index in [9.17, 15) is 5.11 Å². The summed E-state index contributed by atoms with van der Waals surface area (Å²) in [5.74, 6) is 0.297. The zero-order valence-electron chi connectivity index (χ0n) is 7.52. The molecule has 15 heavy (non-hydrogen) atoms. The second kappa shape index (κ2) is 4.44. The number of aromatic nitrogens is 3. The van der Waals surface area contributed by atoms with Crippen molar-refractivity contribution in [1.29, 1.82) is 0 Å². The van der Waals surface area contributed by atoms with Gasteiger partial charge in [0.15, 0.2) is 11.0 Å². The van der Waals surface area contributed by atoms with Crippen LogP contribution in [0.2, 0.25) is 10.4 Å². The van der Waals surface area contributed by atoms with Gasteiger partial charge in [-0.1, -0.05) is 11.6 Å². The first-order valence-corrected chi connectivity index (χ1v) is 5.00. The van der Waals surface area contributed by atoms with E-state index >= 15 is 0 Å². The third-order valence-electron chi connectivity index (χ3n) is 1.99. The molecule has 2 atom stereocenters. The van der Waals surface area contributed by atoms with Crippen molar-refractivity contribution < 1.29 is 9.84 Å². The molecule has 2 heterocycles. The van der Waals surface area contributed by atoms with E-state index in [1.807, 2.05) is 0 Å². The van der Waals surface area contributed by atoms with E-state index in [2.05, 4.69) is 20.5 Å². The lowest BCUT2D eigenvalue weighted by Crippen LogP contribution is -2.32. The van der Waals surface area contributed by atoms with E-state index in [0.717, 1.165) is 0 Å². The van der Waals surface area contributed by atoms with E-state index < -0.39 is 6.10 Å². The highest BCUT2D eigenvalue weighted by Gasteiger charge is 2.27. The predicted octanol–water partition coefficient (Wildman–Crippen LogP) is 0.350. The molecule has 0 aromatic carbocycles. The quantitative estimate of drug-likeness (QED) is 0.789. The van der Waals surface area contributed by atoms with Gasteiger partial charge in [-0.3, -0.25) is 0 Å². The topological polar surface area (TPSA) is 80.2 Å². The summed E-state index contributed by atoms with van der Waals surface area (Å²) >= 11 is 11.3. The molecule has 82 valence electrons. The van der Waals surface area contributed by atoms with Crippen LogP contribution in [0.1, 0.15) is 0 Å². The number of aliphatic hydroxyl groups excluding tert-OH is 1. The Morgan fingerprint density at radius 2 is 2.13 bits per heavy atom. The number of nitrogens with zero attached hydrogens (tertiary/aromatic N) is 3. The standard InChI is InChI=1S/C7H8Cl2N4O2/c8-5-6(11-7(9)13-12-5)10-3-1-15-2-4(3)14/h3-4,14H,1-2H2,(H,10,11,13)/t3-,4-/m1/s1. The number of hydrogen-bond acceptors (Lipinski definition) is 6. The lowest BCUT2D eigenvalue weighted by Gasteiger charge is -2.15. The fraction of sp³-hybridized carbons (Fsp3) is 0.571. The summed E-state index contributed by atoms with van der Waals surface area (Å²) in [4.78, 5) is 3.85. The van der Waals surface area contributed by atoms with Gasteiger partial charge in [0.1, 0.15) is 0 Å². The zero-order chi connectivity index (χ0) is 10.8. The van der Waals surface area contributed by atoms with Crippen molar-refractivity contribution in [2.24, 2.45) is 0 Å². The van der Waals surface area contributed by atoms with Gasteiger partial charge in [0.05, 0.1) is 25.4 Å². The first kappa shape index (κ1) is 10.8. The fourth-order valence-electron chi connectivity index (χ4n) is 1.24. The Bertz CT molecular complexity index is 365. The molecule has 0 bridgehead atoms. The first-order valence-electron chi connectivity index (χ1n) is 4.25. The number of ether oxygens (including phenoxy) is 1. The molecule has 1 saturated heterocycles. The van der Waals surface area contributed by atoms with Crippen molar-refractivity contribution >= 4 is 29.0 Å². The van der Waals surface area contributed by atoms with Crippen molar-refractivity contribution in [2.75, 3.05) is 18.5 Å². The fourth-order valence-corrected chi connectivity index (χ4v) is 1.50. The number of anilines is 1. The van der Waals surface area contributed by atoms with E-state index in [-0.39, 0.29) is 16.5 Å². The van der Waals surface area contributed by atoms with Crippen molar-refractivity contribution in [1.82, 2.24) is 15.2 Å². The Balaban J connectivity index is 2.12. The zero-order valence-corrected chi connectivity index (χ0v) is 9.03. The highest BCUT2D eigenvalue weighted by molar-refractivity contribution is 6.32. The summed E-state index contributed by atoms with van der Waals surface area (Å²) in [6.45, 7) is 0.681. The highest BCUT2D eigenvalue weighted by Crippen LogP contribution is 2.19. The molecule has 1 aromatic rings. The Labute approximate surface area is 95.6 Å². The minimum Gasteiger partial charge on any atom is -0.388 e. The minimum atomic E-state index is -0.588. The van der Waals surface area contributed by atoms with E-state index in [1.54, 1.807) is 0 Å². The van der Waals surface area contributed by atoms with Gasteiger partial charge in [0.2, 0.25) is 5.28 Å². The van der Waals surface area contributed by atoms with Crippen molar-refractivity contribution in [3.05, 3.63) is 10.4 Å². The lowest BCUT2D eigenvalue weighted by molar-refractivity contribution is 0.125. The molecule has 1 aliphatic rings. The van der Waals surface area contributed by atoms with Crippen LogP contribution in [0, 0.1) is 0 Å². The average molecular weight is 251 g/mol. The van der Waals surface area contributed by atoms with Crippen LogP contribution in [0.25, 0.3) is 0 Å². The number of nitrogens with one attached hydrogen (secondary N) is 1. The molecule has 0 radical (unpaired) electrons. The molecule has 0 saturated carbocycles. The number of aliphatic hydroxyl groups is 1. The second-order valence-corrected chi connectivity index (χ2v) is 3.77. The smallest absolute Gasteiger partial charge is 0.245 e. The normalized spacial score (nSPS) is 25.5. The van der Waals surface area contributed by atoms with Gasteiger partial charge in [-0.05, 0) is 11.6 Å². The average Bonchev–Trinajstić information content (AvgIpc) is 2.58. The monoisotopic (exact) mass is 250 g/mol. The SMILES string of the molecule is O[C@@H]1COC[C@H]1Nc1nc(Cl)nnc1Cl. The van der Waals surface area contributed by atoms with Gasteiger partial charge >= 0.3 is 0 Å². The molecule has 2 N–H and O–H groups in total. The maximum atomic E-state index is 9.48. The molecular weight excluding hydrogens is 243 g/mol. The lowest BCUT2D eigenvalue weighted by atomic mass is 10.2. The van der Waals surface area contributed by atoms with Gasteiger partial charge in [0.25, 0.3) is 0 Å². The van der Waals surface area contributed by atoms with Crippen LogP contribution in [-0.4, -0.2) is 45.6 Å². The largest absolute Gasteiger partial charge is 0.388 e. The van der Waals surface area contributed by atoms with E-state index in [4.69, 9.17) is 27.9 Å². The molecule has 0 aliphatic carbocycles. The second-order valence-electron chi connectivity index (χ2n) is 3.08. The molecule has 0 unspecified atom stereocenters. The Morgan fingerprint density at radius 1 is 1.33 bits per heavy atom. The summed E-state index contributed by atoms with van der Waals surface area (Å²) in [5, 5.41) is 19.5. The molecule has 1 fully saturated rings. The summed E-state index contributed by atoms with van der Waals surface area (Å²) in [6.07, 6.45) is -0.588. The molecule has 6 nitrogen and oxygen atoms in total. The first-order chi connectivity index (χ1) is 7.16. The van der Waals surface area contributed by atoms with Crippen molar-refractivity contribution in [3.8, 4) is 0 Å². The van der Waals surface area contributed by atoms with Gasteiger partial charge in [-0.25, -0.2) is 0 Å². The molecule has 2 rings (SSSR count). The Hall–Kier alpha value is -0.690. The van der Waals surface area contributed by atoms with Crippen LogP contribution in [0.3, 0.4) is 0 Å². The van der Waals surface area contributed by atoms with Crippen molar-refractivity contribution in [3.63, 3.8) is 0 Å². The molecule has 0 spiro atoms. The summed E-state index contributed by atoms with van der Waals surface area (Å²) in [7, 11) is 0. The number of rotatable bonds is 2. The highest BCUT2D eigenvalue weighted by atomic mass is 35.5. The van der Waals surface area contributed by atoms with Crippen LogP contribution in [-0.2, 0) is 4.74 Å². The van der Waals surface area contributed by atoms with Crippen LogP contribution < -0.4 is 5.32 Å². The maximum Gasteiger partial charge on any atom is 0.245 e. The summed E-state index contributed by atoms with van der Waals surface area (Å²) < 4.78 is 5.06. The molecule has 1 aromatic heterocycles. The number of halogens is 2. The third-order valence-corrected chi connectivity index (χ3v) is 2.41. The van der Waals surface area contributed by atoms with Crippen LogP contribution in [0.5, 0.6) is 0 Å². The van der Waals surface area contributed by atoms with E-state index in [0.29, 0.717) is 19.0 Å². The van der Waals surface area contributed by atoms with E-state index in [1.165, 1.54) is 0 Å². The van der Waals surface area contributed by atoms with Crippen LogP contribution >= 0.6 is 23.2 Å². The molecule has 0 amide bonds. The van der Waals surface area contributed by atoms with Gasteiger partial charge in [-0.15, -0.1) is 10.2 Å². The van der Waals surface area contributed by atoms with Crippen LogP contribution in [0.15, 0.2) is 0 Å². The van der Waals surface area contributed by atoms with Crippen molar-refractivity contribution in [2.45, 2.75) is 12.1 Å². The molecular formula is C7H8Cl2N4O2. The molecule has 8 heteroatoms. The number of hydrogen-bond donors (Lipinski definition) is 2. The summed E-state index contributed by atoms with van der Waals surface area (Å²) in [6, 6.07) is -0.254. The summed E-state index contributed by atoms with van der Waals surface area (Å²) in [5.41, 5.74) is 0. The predicted molar refractivity (Wildman–Crippen MR) is 54.1 cm³/mol. The maximum absolute atomic E-state index is 9.48. The van der Waals surface area contributed by atoms with Gasteiger partial charge in [0, 0.05) is 0 Å². The third kappa shape index (κ3) is 2.46.